The van der Waals surface area contributed by atoms with E-state index >= 15 is 0 Å². The lowest BCUT2D eigenvalue weighted by molar-refractivity contribution is -0.129. The van der Waals surface area contributed by atoms with Crippen LogP contribution in [0.3, 0.4) is 0 Å². The summed E-state index contributed by atoms with van der Waals surface area (Å²) in [7, 11) is 0. The summed E-state index contributed by atoms with van der Waals surface area (Å²) < 4.78 is 0. The van der Waals surface area contributed by atoms with Gasteiger partial charge in [-0.1, -0.05) is 68.9 Å². The predicted molar refractivity (Wildman–Crippen MR) is 140 cm³/mol. The maximum absolute atomic E-state index is 12.1. The van der Waals surface area contributed by atoms with E-state index in [0.717, 1.165) is 36.2 Å². The van der Waals surface area contributed by atoms with Crippen LogP contribution >= 0.6 is 0 Å². The number of aliphatic imine (C=N–C) groups is 1. The molecule has 0 aromatic heterocycles. The smallest absolute Gasteiger partial charge is 0.248 e. The van der Waals surface area contributed by atoms with Crippen molar-refractivity contribution in [1.82, 2.24) is 10.2 Å². The summed E-state index contributed by atoms with van der Waals surface area (Å²) in [6.07, 6.45) is 16.5. The molecule has 0 heterocycles. The molecule has 4 N–H and O–H groups in total. The molecule has 0 aliphatic heterocycles. The van der Waals surface area contributed by atoms with E-state index in [-0.39, 0.29) is 5.91 Å². The van der Waals surface area contributed by atoms with Crippen molar-refractivity contribution in [2.45, 2.75) is 59.5 Å². The first-order chi connectivity index (χ1) is 15.8. The van der Waals surface area contributed by atoms with Crippen molar-refractivity contribution in [2.75, 3.05) is 26.2 Å². The molecule has 1 aliphatic rings. The first-order valence-electron chi connectivity index (χ1n) is 11.9. The van der Waals surface area contributed by atoms with Gasteiger partial charge in [0.05, 0.1) is 6.54 Å². The highest BCUT2D eigenvalue weighted by molar-refractivity contribution is 6.02. The number of allylic oxidation sites excluding steroid dienone is 7. The van der Waals surface area contributed by atoms with Crippen LogP contribution in [0, 0.1) is 0 Å². The summed E-state index contributed by atoms with van der Waals surface area (Å²) >= 11 is 0. The Kier molecular flexibility index (Phi) is 13.5. The van der Waals surface area contributed by atoms with Crippen LogP contribution in [0.2, 0.25) is 0 Å². The number of aliphatic hydroxyl groups excluding tert-OH is 1. The summed E-state index contributed by atoms with van der Waals surface area (Å²) in [4.78, 5) is 19.1. The topological polar surface area (TPSA) is 91.0 Å². The van der Waals surface area contributed by atoms with Gasteiger partial charge in [-0.3, -0.25) is 9.79 Å². The Bertz CT molecular complexity index is 831. The zero-order chi connectivity index (χ0) is 24.6. The number of rotatable bonds is 13. The standard InChI is InChI=1S/C27H42N4O2/c1-6-13-25(32)27(33)29-18-19-31(8-3)26(24(22(5)28)17-16-21(4)7-2)30-20-23-14-11-9-10-12-15-23/h9-11,14-17,25,32H,5-8,12-13,18-20,28H2,1-4H3,(H,29,33)/b21-16+,24-17+,30-26?/t25-/m1/s1. The van der Waals surface area contributed by atoms with Crippen LogP contribution in [0.1, 0.15) is 53.4 Å². The van der Waals surface area contributed by atoms with E-state index in [1.54, 1.807) is 0 Å². The molecule has 1 amide bonds. The lowest BCUT2D eigenvalue weighted by atomic mass is 10.1. The Morgan fingerprint density at radius 3 is 2.73 bits per heavy atom. The summed E-state index contributed by atoms with van der Waals surface area (Å²) in [5.74, 6) is 0.410. The molecule has 0 fully saturated rings. The average Bonchev–Trinajstić information content (AvgIpc) is 3.07. The Morgan fingerprint density at radius 1 is 1.33 bits per heavy atom. The number of nitrogens with one attached hydrogen (secondary N) is 1. The van der Waals surface area contributed by atoms with Crippen molar-refractivity contribution >= 4 is 11.7 Å². The van der Waals surface area contributed by atoms with Gasteiger partial charge < -0.3 is 21.1 Å². The van der Waals surface area contributed by atoms with Crippen LogP contribution in [-0.4, -0.2) is 54.0 Å². The number of hydrogen-bond donors (Lipinski definition) is 3. The van der Waals surface area contributed by atoms with Gasteiger partial charge in [0.1, 0.15) is 11.9 Å². The maximum atomic E-state index is 12.1. The number of amides is 1. The van der Waals surface area contributed by atoms with Crippen LogP contribution in [0.15, 0.2) is 76.5 Å². The normalized spacial score (nSPS) is 15.7. The van der Waals surface area contributed by atoms with Crippen molar-refractivity contribution in [3.8, 4) is 0 Å². The Morgan fingerprint density at radius 2 is 2.09 bits per heavy atom. The van der Waals surface area contributed by atoms with Crippen LogP contribution < -0.4 is 11.1 Å². The van der Waals surface area contributed by atoms with Gasteiger partial charge >= 0.3 is 0 Å². The molecule has 6 nitrogen and oxygen atoms in total. The summed E-state index contributed by atoms with van der Waals surface area (Å²) in [6, 6.07) is 0. The molecule has 1 aliphatic carbocycles. The van der Waals surface area contributed by atoms with Crippen LogP contribution in [0.25, 0.3) is 0 Å². The number of nitrogens with zero attached hydrogens (tertiary/aromatic N) is 2. The molecular formula is C27H42N4O2. The van der Waals surface area contributed by atoms with Gasteiger partial charge in [0, 0.05) is 30.9 Å². The number of carbonyl (C=O) groups is 1. The van der Waals surface area contributed by atoms with E-state index in [2.05, 4.69) is 48.9 Å². The second kappa shape index (κ2) is 15.9. The van der Waals surface area contributed by atoms with Crippen molar-refractivity contribution in [3.63, 3.8) is 0 Å². The van der Waals surface area contributed by atoms with Gasteiger partial charge in [-0.2, -0.15) is 0 Å². The van der Waals surface area contributed by atoms with Gasteiger partial charge in [-0.05, 0) is 44.8 Å². The number of carbonyl (C=O) groups excluding carboxylic acids is 1. The molecule has 0 unspecified atom stereocenters. The molecule has 0 saturated heterocycles. The fourth-order valence-corrected chi connectivity index (χ4v) is 3.18. The molecule has 0 saturated carbocycles. The minimum absolute atomic E-state index is 0.340. The van der Waals surface area contributed by atoms with Gasteiger partial charge in [-0.15, -0.1) is 0 Å². The molecule has 1 rings (SSSR count). The molecule has 0 aromatic carbocycles. The summed E-state index contributed by atoms with van der Waals surface area (Å²) in [5, 5.41) is 12.7. The van der Waals surface area contributed by atoms with Crippen LogP contribution in [-0.2, 0) is 4.79 Å². The minimum atomic E-state index is -0.970. The van der Waals surface area contributed by atoms with Gasteiger partial charge in [0.2, 0.25) is 5.91 Å². The third kappa shape index (κ3) is 10.5. The maximum Gasteiger partial charge on any atom is 0.248 e. The highest BCUT2D eigenvalue weighted by Crippen LogP contribution is 2.14. The first kappa shape index (κ1) is 28.2. The lowest BCUT2D eigenvalue weighted by Crippen LogP contribution is -2.42. The summed E-state index contributed by atoms with van der Waals surface area (Å²) in [5.41, 5.74) is 9.78. The summed E-state index contributed by atoms with van der Waals surface area (Å²) in [6.45, 7) is 14.3. The Balaban J connectivity index is 3.16. The molecule has 0 spiro atoms. The fraction of sp³-hybridized carbons (Fsp3) is 0.481. The first-order valence-corrected chi connectivity index (χ1v) is 11.9. The molecule has 182 valence electrons. The number of likely N-dealkylation sites (N-methyl/N-ethyl adjacent to an activating group) is 1. The molecule has 33 heavy (non-hydrogen) atoms. The fourth-order valence-electron chi connectivity index (χ4n) is 3.18. The molecule has 6 heteroatoms. The largest absolute Gasteiger partial charge is 0.399 e. The molecule has 0 radical (unpaired) electrons. The van der Waals surface area contributed by atoms with E-state index in [1.165, 1.54) is 5.57 Å². The number of amidine groups is 1. The number of hydrogen-bond acceptors (Lipinski definition) is 4. The van der Waals surface area contributed by atoms with E-state index in [9.17, 15) is 9.90 Å². The number of nitrogens with two attached hydrogens (primary N) is 1. The SMILES string of the molecule is C=C(N)/C(=C\C=C(/C)CC)C(=NCC1=CCC=CC=C1)N(CC)CCNC(=O)[C@H](O)CCC. The quantitative estimate of drug-likeness (QED) is 0.221. The highest BCUT2D eigenvalue weighted by Gasteiger charge is 2.18. The highest BCUT2D eigenvalue weighted by atomic mass is 16.3. The third-order valence-corrected chi connectivity index (χ3v) is 5.39. The van der Waals surface area contributed by atoms with E-state index < -0.39 is 6.10 Å². The van der Waals surface area contributed by atoms with Gasteiger partial charge in [0.15, 0.2) is 0 Å². The lowest BCUT2D eigenvalue weighted by Gasteiger charge is -2.27. The molecule has 0 bridgehead atoms. The molecular weight excluding hydrogens is 412 g/mol. The average molecular weight is 455 g/mol. The van der Waals surface area contributed by atoms with Gasteiger partial charge in [-0.25, -0.2) is 0 Å². The van der Waals surface area contributed by atoms with Crippen LogP contribution in [0.5, 0.6) is 0 Å². The van der Waals surface area contributed by atoms with Gasteiger partial charge in [0.25, 0.3) is 0 Å². The molecule has 1 atom stereocenters. The van der Waals surface area contributed by atoms with E-state index in [4.69, 9.17) is 10.7 Å². The zero-order valence-corrected chi connectivity index (χ0v) is 20.8. The number of aliphatic hydroxyl groups is 1. The molecule has 0 aromatic rings. The Labute approximate surface area is 200 Å². The Hall–Kier alpha value is -2.86. The van der Waals surface area contributed by atoms with Crippen molar-refractivity contribution < 1.29 is 9.90 Å². The zero-order valence-electron chi connectivity index (χ0n) is 20.8. The predicted octanol–water partition coefficient (Wildman–Crippen LogP) is 4.18. The van der Waals surface area contributed by atoms with Crippen molar-refractivity contribution in [1.29, 1.82) is 0 Å². The second-order valence-electron chi connectivity index (χ2n) is 8.09. The minimum Gasteiger partial charge on any atom is -0.399 e. The van der Waals surface area contributed by atoms with E-state index in [0.29, 0.717) is 38.3 Å². The van der Waals surface area contributed by atoms with E-state index in [1.807, 2.05) is 38.2 Å². The third-order valence-electron chi connectivity index (χ3n) is 5.39. The van der Waals surface area contributed by atoms with Crippen molar-refractivity contribution in [2.24, 2.45) is 10.7 Å². The second-order valence-corrected chi connectivity index (χ2v) is 8.09. The van der Waals surface area contributed by atoms with Crippen molar-refractivity contribution in [3.05, 3.63) is 71.5 Å². The monoisotopic (exact) mass is 454 g/mol. The van der Waals surface area contributed by atoms with Crippen LogP contribution in [0.4, 0.5) is 0 Å².